The molecule has 3 aliphatic rings. The van der Waals surface area contributed by atoms with Gasteiger partial charge in [-0.1, -0.05) is 27.2 Å². The Labute approximate surface area is 113 Å². The molecule has 4 atom stereocenters. The van der Waals surface area contributed by atoms with Crippen LogP contribution in [-0.4, -0.2) is 28.6 Å². The highest BCUT2D eigenvalue weighted by Crippen LogP contribution is 2.61. The number of cyclic esters (lactones) is 1. The molecule has 0 aromatic heterocycles. The van der Waals surface area contributed by atoms with Crippen molar-refractivity contribution in [1.29, 1.82) is 0 Å². The number of fused-ring (bicyclic) bond motifs is 2. The summed E-state index contributed by atoms with van der Waals surface area (Å²) in [6.45, 7) is 6.56. The highest BCUT2D eigenvalue weighted by Gasteiger charge is 2.58. The molecule has 3 rings (SSSR count). The average molecular weight is 266 g/mol. The van der Waals surface area contributed by atoms with E-state index in [1.807, 2.05) is 0 Å². The lowest BCUT2D eigenvalue weighted by Crippen LogP contribution is -2.49. The fraction of sp³-hybridized carbons (Fsp3) is 0.800. The van der Waals surface area contributed by atoms with Crippen LogP contribution in [0.4, 0.5) is 0 Å². The largest absolute Gasteiger partial charge is 0.428 e. The van der Waals surface area contributed by atoms with E-state index in [2.05, 4.69) is 20.8 Å². The summed E-state index contributed by atoms with van der Waals surface area (Å²) in [5.74, 6) is -0.273. The van der Waals surface area contributed by atoms with Crippen LogP contribution < -0.4 is 0 Å². The number of rotatable bonds is 0. The second-order valence-corrected chi connectivity index (χ2v) is 7.15. The van der Waals surface area contributed by atoms with Crippen molar-refractivity contribution in [1.82, 2.24) is 0 Å². The van der Waals surface area contributed by atoms with Crippen molar-refractivity contribution in [2.45, 2.75) is 58.8 Å². The van der Waals surface area contributed by atoms with Crippen LogP contribution in [-0.2, 0) is 9.53 Å². The lowest BCUT2D eigenvalue weighted by Gasteiger charge is -2.54. The Morgan fingerprint density at radius 1 is 1.21 bits per heavy atom. The maximum absolute atomic E-state index is 11.8. The number of carbonyl (C=O) groups is 1. The van der Waals surface area contributed by atoms with Crippen molar-refractivity contribution in [3.05, 3.63) is 11.1 Å². The van der Waals surface area contributed by atoms with Crippen LogP contribution in [0.3, 0.4) is 0 Å². The molecule has 0 aromatic rings. The third-order valence-corrected chi connectivity index (χ3v) is 5.61. The predicted octanol–water partition coefficient (Wildman–Crippen LogP) is 1.76. The zero-order valence-electron chi connectivity index (χ0n) is 11.8. The Hall–Kier alpha value is -0.870. The van der Waals surface area contributed by atoms with Gasteiger partial charge in [0, 0.05) is 5.57 Å². The maximum atomic E-state index is 11.8. The van der Waals surface area contributed by atoms with E-state index in [1.54, 1.807) is 0 Å². The zero-order chi connectivity index (χ0) is 14.0. The van der Waals surface area contributed by atoms with E-state index in [9.17, 15) is 15.0 Å². The summed E-state index contributed by atoms with van der Waals surface area (Å²) in [7, 11) is 0. The smallest absolute Gasteiger partial charge is 0.339 e. The number of hydrogen-bond acceptors (Lipinski definition) is 4. The van der Waals surface area contributed by atoms with Crippen LogP contribution in [0.5, 0.6) is 0 Å². The van der Waals surface area contributed by atoms with Gasteiger partial charge >= 0.3 is 5.97 Å². The first kappa shape index (κ1) is 13.1. The van der Waals surface area contributed by atoms with Gasteiger partial charge in [-0.3, -0.25) is 0 Å². The summed E-state index contributed by atoms with van der Waals surface area (Å²) < 4.78 is 4.94. The molecule has 1 heterocycles. The number of carbonyl (C=O) groups excluding carboxylic acids is 1. The summed E-state index contributed by atoms with van der Waals surface area (Å²) in [6, 6.07) is 0. The Morgan fingerprint density at radius 3 is 2.58 bits per heavy atom. The zero-order valence-corrected chi connectivity index (χ0v) is 11.8. The van der Waals surface area contributed by atoms with E-state index in [0.29, 0.717) is 17.6 Å². The minimum atomic E-state index is -1.17. The quantitative estimate of drug-likeness (QED) is 0.656. The Bertz CT molecular complexity index is 465. The lowest BCUT2D eigenvalue weighted by molar-refractivity contribution is -0.153. The monoisotopic (exact) mass is 266 g/mol. The number of esters is 1. The first-order chi connectivity index (χ1) is 8.77. The van der Waals surface area contributed by atoms with Crippen LogP contribution in [0.2, 0.25) is 0 Å². The Morgan fingerprint density at radius 2 is 1.89 bits per heavy atom. The van der Waals surface area contributed by atoms with Crippen molar-refractivity contribution in [2.75, 3.05) is 0 Å². The minimum absolute atomic E-state index is 0.109. The van der Waals surface area contributed by atoms with Crippen LogP contribution in [0.25, 0.3) is 0 Å². The standard InChI is InChI=1S/C15H22O4/c1-14(2)5-4-6-15(3)9(14)7-8(16)10-11(15)13(18)19-12(10)17/h8-9,13,16,18H,4-7H2,1-3H3/t8?,9-,13?,15?/m0/s1. The molecule has 0 amide bonds. The van der Waals surface area contributed by atoms with Crippen LogP contribution in [0, 0.1) is 16.7 Å². The average Bonchev–Trinajstić information content (AvgIpc) is 2.59. The summed E-state index contributed by atoms with van der Waals surface area (Å²) in [6.07, 6.45) is 1.76. The number of aliphatic hydroxyl groups excluding tert-OH is 2. The van der Waals surface area contributed by atoms with E-state index < -0.39 is 18.4 Å². The van der Waals surface area contributed by atoms with Crippen molar-refractivity contribution >= 4 is 5.97 Å². The lowest BCUT2D eigenvalue weighted by atomic mass is 9.50. The van der Waals surface area contributed by atoms with Crippen LogP contribution >= 0.6 is 0 Å². The molecule has 3 unspecified atom stereocenters. The molecular weight excluding hydrogens is 244 g/mol. The molecule has 0 saturated heterocycles. The van der Waals surface area contributed by atoms with Crippen molar-refractivity contribution in [3.63, 3.8) is 0 Å². The van der Waals surface area contributed by atoms with Gasteiger partial charge in [-0.25, -0.2) is 4.79 Å². The highest BCUT2D eigenvalue weighted by atomic mass is 16.6. The second-order valence-electron chi connectivity index (χ2n) is 7.15. The number of aliphatic hydroxyl groups is 2. The van der Waals surface area contributed by atoms with Crippen molar-refractivity contribution in [3.8, 4) is 0 Å². The molecule has 1 saturated carbocycles. The fourth-order valence-corrected chi connectivity index (χ4v) is 4.74. The first-order valence-corrected chi connectivity index (χ1v) is 7.09. The molecule has 0 aromatic carbocycles. The molecule has 0 radical (unpaired) electrons. The van der Waals surface area contributed by atoms with Gasteiger partial charge in [0.15, 0.2) is 0 Å². The van der Waals surface area contributed by atoms with Crippen LogP contribution in [0.15, 0.2) is 11.1 Å². The van der Waals surface area contributed by atoms with Gasteiger partial charge in [0.25, 0.3) is 0 Å². The Kier molecular flexibility index (Phi) is 2.64. The first-order valence-electron chi connectivity index (χ1n) is 7.09. The van der Waals surface area contributed by atoms with Crippen molar-refractivity contribution in [2.24, 2.45) is 16.7 Å². The van der Waals surface area contributed by atoms with E-state index in [4.69, 9.17) is 4.74 Å². The van der Waals surface area contributed by atoms with E-state index in [1.165, 1.54) is 0 Å². The third kappa shape index (κ3) is 1.62. The number of hydrogen-bond donors (Lipinski definition) is 2. The highest BCUT2D eigenvalue weighted by molar-refractivity contribution is 5.93. The van der Waals surface area contributed by atoms with E-state index in [0.717, 1.165) is 19.3 Å². The third-order valence-electron chi connectivity index (χ3n) is 5.61. The molecule has 0 spiro atoms. The topological polar surface area (TPSA) is 66.8 Å². The van der Waals surface area contributed by atoms with Gasteiger partial charge in [0.1, 0.15) is 0 Å². The van der Waals surface area contributed by atoms with Gasteiger partial charge in [-0.2, -0.15) is 0 Å². The molecule has 4 nitrogen and oxygen atoms in total. The molecule has 2 N–H and O–H groups in total. The van der Waals surface area contributed by atoms with Gasteiger partial charge in [-0.15, -0.1) is 0 Å². The molecule has 2 aliphatic carbocycles. The molecule has 1 fully saturated rings. The van der Waals surface area contributed by atoms with Crippen molar-refractivity contribution < 1.29 is 19.7 Å². The molecule has 1 aliphatic heterocycles. The van der Waals surface area contributed by atoms with Gasteiger partial charge in [0.2, 0.25) is 6.29 Å². The predicted molar refractivity (Wildman–Crippen MR) is 69.0 cm³/mol. The normalized spacial score (nSPS) is 44.7. The number of ether oxygens (including phenoxy) is 1. The molecule has 4 heteroatoms. The van der Waals surface area contributed by atoms with Crippen LogP contribution in [0.1, 0.15) is 46.5 Å². The SMILES string of the molecule is CC1(C)CCCC2(C)C3=C(C(=O)OC3O)C(O)C[C@@H]12. The molecule has 0 bridgehead atoms. The van der Waals surface area contributed by atoms with Gasteiger partial charge < -0.3 is 14.9 Å². The summed E-state index contributed by atoms with van der Waals surface area (Å²) >= 11 is 0. The molecule has 19 heavy (non-hydrogen) atoms. The van der Waals surface area contributed by atoms with E-state index >= 15 is 0 Å². The minimum Gasteiger partial charge on any atom is -0.428 e. The summed E-state index contributed by atoms with van der Waals surface area (Å²) in [5, 5.41) is 20.4. The van der Waals surface area contributed by atoms with Gasteiger partial charge in [-0.05, 0) is 36.0 Å². The molecular formula is C15H22O4. The van der Waals surface area contributed by atoms with E-state index in [-0.39, 0.29) is 16.7 Å². The van der Waals surface area contributed by atoms with Gasteiger partial charge in [0.05, 0.1) is 11.7 Å². The summed E-state index contributed by atoms with van der Waals surface area (Å²) in [5.41, 5.74) is 0.845. The summed E-state index contributed by atoms with van der Waals surface area (Å²) in [4.78, 5) is 11.8. The maximum Gasteiger partial charge on any atom is 0.339 e. The second kappa shape index (κ2) is 3.83. The molecule has 106 valence electrons. The fourth-order valence-electron chi connectivity index (χ4n) is 4.74. The Balaban J connectivity index is 2.15.